The summed E-state index contributed by atoms with van der Waals surface area (Å²) in [6, 6.07) is 16.3. The minimum Gasteiger partial charge on any atom is -0.480 e. The number of para-hydroxylation sites is 1. The Morgan fingerprint density at radius 2 is 1.78 bits per heavy atom. The van der Waals surface area contributed by atoms with Gasteiger partial charge >= 0.3 is 0 Å². The number of methoxy groups -OCH3 is 1. The van der Waals surface area contributed by atoms with Crippen molar-refractivity contribution in [2.45, 2.75) is 0 Å². The molecular formula is C20H17N5O2. The number of ether oxygens (including phenoxy) is 1. The van der Waals surface area contributed by atoms with E-state index < -0.39 is 0 Å². The molecule has 0 aliphatic rings. The van der Waals surface area contributed by atoms with Gasteiger partial charge in [-0.15, -0.1) is 0 Å². The number of rotatable bonds is 3. The number of hydrogen-bond acceptors (Lipinski definition) is 6. The summed E-state index contributed by atoms with van der Waals surface area (Å²) in [7, 11) is 1.51. The molecule has 0 unspecified atom stereocenters. The lowest BCUT2D eigenvalue weighted by molar-refractivity contribution is 0.400. The second kappa shape index (κ2) is 6.45. The fraction of sp³-hybridized carbons (Fsp3) is 0.0500. The van der Waals surface area contributed by atoms with Crippen LogP contribution in [-0.2, 0) is 0 Å². The van der Waals surface area contributed by atoms with Gasteiger partial charge in [0.2, 0.25) is 11.8 Å². The molecular weight excluding hydrogens is 342 g/mol. The van der Waals surface area contributed by atoms with Crippen LogP contribution in [0.1, 0.15) is 0 Å². The van der Waals surface area contributed by atoms with Gasteiger partial charge in [-0.05, 0) is 35.9 Å². The van der Waals surface area contributed by atoms with E-state index >= 15 is 0 Å². The Hall–Kier alpha value is -3.87. The maximum absolute atomic E-state index is 13.1. The van der Waals surface area contributed by atoms with Crippen molar-refractivity contribution in [3.63, 3.8) is 0 Å². The number of nitrogens with two attached hydrogens (primary N) is 2. The van der Waals surface area contributed by atoms with Crippen molar-refractivity contribution in [1.29, 1.82) is 0 Å². The molecule has 0 amide bonds. The summed E-state index contributed by atoms with van der Waals surface area (Å²) < 4.78 is 6.49. The largest absolute Gasteiger partial charge is 0.480 e. The summed E-state index contributed by atoms with van der Waals surface area (Å²) in [4.78, 5) is 21.6. The van der Waals surface area contributed by atoms with Crippen molar-refractivity contribution >= 4 is 22.5 Å². The molecule has 0 spiro atoms. The van der Waals surface area contributed by atoms with Crippen LogP contribution < -0.4 is 21.8 Å². The number of benzene rings is 2. The second-order valence-electron chi connectivity index (χ2n) is 6.00. The zero-order valence-corrected chi connectivity index (χ0v) is 14.6. The maximum Gasteiger partial charge on any atom is 0.267 e. The van der Waals surface area contributed by atoms with Crippen LogP contribution in [0, 0.1) is 0 Å². The van der Waals surface area contributed by atoms with Crippen LogP contribution >= 0.6 is 0 Å². The molecule has 0 fully saturated rings. The van der Waals surface area contributed by atoms with Crippen molar-refractivity contribution in [3.05, 3.63) is 71.1 Å². The van der Waals surface area contributed by atoms with Gasteiger partial charge in [0, 0.05) is 11.8 Å². The number of hydrogen-bond donors (Lipinski definition) is 2. The lowest BCUT2D eigenvalue weighted by atomic mass is 10.0. The molecule has 0 saturated heterocycles. The highest BCUT2D eigenvalue weighted by Crippen LogP contribution is 2.27. The molecule has 0 radical (unpaired) electrons. The summed E-state index contributed by atoms with van der Waals surface area (Å²) in [6.07, 6.45) is 1.65. The average Bonchev–Trinajstić information content (AvgIpc) is 2.68. The minimum atomic E-state index is -0.236. The van der Waals surface area contributed by atoms with Gasteiger partial charge in [0.1, 0.15) is 0 Å². The molecule has 7 heteroatoms. The number of nitrogens with zero attached hydrogens (tertiary/aromatic N) is 3. The highest BCUT2D eigenvalue weighted by atomic mass is 16.5. The molecule has 0 aliphatic carbocycles. The van der Waals surface area contributed by atoms with Gasteiger partial charge in [-0.2, -0.15) is 0 Å². The monoisotopic (exact) mass is 359 g/mol. The van der Waals surface area contributed by atoms with Crippen molar-refractivity contribution in [1.82, 2.24) is 14.5 Å². The number of anilines is 2. The molecule has 27 heavy (non-hydrogen) atoms. The van der Waals surface area contributed by atoms with Crippen LogP contribution in [0.5, 0.6) is 5.88 Å². The Balaban J connectivity index is 1.92. The van der Waals surface area contributed by atoms with Crippen LogP contribution in [0.15, 0.2) is 65.6 Å². The zero-order chi connectivity index (χ0) is 19.0. The SMILES string of the molecule is COc1ncc(-c2ccc3nc(N)n(-c4ccccc4)c(=O)c3c2)cc1N. The standard InChI is InChI=1S/C20H17N5O2/c1-27-18-16(21)10-13(11-23-18)12-7-8-17-15(9-12)19(26)25(20(22)24-17)14-5-3-2-4-6-14/h2-11H,21H2,1H3,(H2,22,24). The van der Waals surface area contributed by atoms with Gasteiger partial charge in [0.25, 0.3) is 5.56 Å². The third-order valence-corrected chi connectivity index (χ3v) is 4.31. The predicted molar refractivity (Wildman–Crippen MR) is 106 cm³/mol. The van der Waals surface area contributed by atoms with E-state index in [1.54, 1.807) is 24.4 Å². The van der Waals surface area contributed by atoms with Crippen LogP contribution in [0.4, 0.5) is 11.6 Å². The molecule has 0 aliphatic heterocycles. The summed E-state index contributed by atoms with van der Waals surface area (Å²) in [6.45, 7) is 0. The summed E-state index contributed by atoms with van der Waals surface area (Å²) in [5.74, 6) is 0.502. The first kappa shape index (κ1) is 16.6. The molecule has 4 N–H and O–H groups in total. The molecule has 4 rings (SSSR count). The number of aromatic nitrogens is 3. The van der Waals surface area contributed by atoms with Crippen LogP contribution in [0.25, 0.3) is 27.7 Å². The number of pyridine rings is 1. The van der Waals surface area contributed by atoms with Crippen LogP contribution in [0.2, 0.25) is 0 Å². The zero-order valence-electron chi connectivity index (χ0n) is 14.6. The van der Waals surface area contributed by atoms with Gasteiger partial charge in [0.15, 0.2) is 0 Å². The van der Waals surface area contributed by atoms with Crippen LogP contribution in [0.3, 0.4) is 0 Å². The summed E-state index contributed by atoms with van der Waals surface area (Å²) in [5, 5.41) is 0.458. The van der Waals surface area contributed by atoms with Crippen molar-refractivity contribution in [3.8, 4) is 22.7 Å². The Labute approximate surface area is 154 Å². The molecule has 2 aromatic carbocycles. The second-order valence-corrected chi connectivity index (χ2v) is 6.00. The topological polar surface area (TPSA) is 109 Å². The lowest BCUT2D eigenvalue weighted by Gasteiger charge is -2.11. The van der Waals surface area contributed by atoms with E-state index in [9.17, 15) is 4.79 Å². The quantitative estimate of drug-likeness (QED) is 0.582. The van der Waals surface area contributed by atoms with Crippen molar-refractivity contribution < 1.29 is 4.74 Å². The lowest BCUT2D eigenvalue weighted by Crippen LogP contribution is -2.23. The first-order chi connectivity index (χ1) is 13.1. The van der Waals surface area contributed by atoms with E-state index in [0.29, 0.717) is 28.2 Å². The minimum absolute atomic E-state index is 0.141. The molecule has 0 atom stereocenters. The Bertz CT molecular complexity index is 1200. The molecule has 7 nitrogen and oxygen atoms in total. The molecule has 4 aromatic rings. The van der Waals surface area contributed by atoms with Crippen LogP contribution in [-0.4, -0.2) is 21.6 Å². The Kier molecular flexibility index (Phi) is 3.97. The van der Waals surface area contributed by atoms with E-state index in [2.05, 4.69) is 9.97 Å². The maximum atomic E-state index is 13.1. The fourth-order valence-corrected chi connectivity index (χ4v) is 3.01. The number of fused-ring (bicyclic) bond motifs is 1. The summed E-state index contributed by atoms with van der Waals surface area (Å²) in [5.41, 5.74) is 14.9. The van der Waals surface area contributed by atoms with Gasteiger partial charge in [-0.25, -0.2) is 14.5 Å². The first-order valence-corrected chi connectivity index (χ1v) is 8.26. The smallest absolute Gasteiger partial charge is 0.267 e. The number of nitrogen functional groups attached to an aromatic ring is 2. The van der Waals surface area contributed by atoms with Gasteiger partial charge < -0.3 is 16.2 Å². The van der Waals surface area contributed by atoms with E-state index in [4.69, 9.17) is 16.2 Å². The molecule has 2 aromatic heterocycles. The Morgan fingerprint density at radius 1 is 1.00 bits per heavy atom. The van der Waals surface area contributed by atoms with E-state index in [0.717, 1.165) is 11.1 Å². The predicted octanol–water partition coefficient (Wildman–Crippen LogP) is 2.62. The average molecular weight is 359 g/mol. The normalized spacial score (nSPS) is 10.9. The first-order valence-electron chi connectivity index (χ1n) is 8.26. The van der Waals surface area contributed by atoms with E-state index in [-0.39, 0.29) is 11.5 Å². The van der Waals surface area contributed by atoms with Crippen molar-refractivity contribution in [2.75, 3.05) is 18.6 Å². The summed E-state index contributed by atoms with van der Waals surface area (Å²) >= 11 is 0. The molecule has 134 valence electrons. The Morgan fingerprint density at radius 3 is 2.48 bits per heavy atom. The highest BCUT2D eigenvalue weighted by Gasteiger charge is 2.12. The van der Waals surface area contributed by atoms with E-state index in [1.165, 1.54) is 11.7 Å². The molecule has 2 heterocycles. The van der Waals surface area contributed by atoms with E-state index in [1.807, 2.05) is 36.4 Å². The third kappa shape index (κ3) is 2.85. The van der Waals surface area contributed by atoms with Gasteiger partial charge in [-0.3, -0.25) is 4.79 Å². The van der Waals surface area contributed by atoms with Crippen molar-refractivity contribution in [2.24, 2.45) is 0 Å². The fourth-order valence-electron chi connectivity index (χ4n) is 3.01. The molecule has 0 bridgehead atoms. The highest BCUT2D eigenvalue weighted by molar-refractivity contribution is 5.85. The molecule has 0 saturated carbocycles. The van der Waals surface area contributed by atoms with Gasteiger partial charge in [-0.1, -0.05) is 24.3 Å². The van der Waals surface area contributed by atoms with Gasteiger partial charge in [0.05, 0.1) is 29.4 Å². The third-order valence-electron chi connectivity index (χ3n) is 4.31.